The molecular formula is C20H25FN4O4S. The van der Waals surface area contributed by atoms with Crippen molar-refractivity contribution < 1.29 is 22.3 Å². The van der Waals surface area contributed by atoms with Gasteiger partial charge in [-0.25, -0.2) is 28.4 Å². The molecule has 2 unspecified atom stereocenters. The second-order valence-corrected chi connectivity index (χ2v) is 9.00. The number of hydrogen-bond donors (Lipinski definition) is 4. The first-order valence-electron chi connectivity index (χ1n) is 9.54. The number of sulfonamides is 1. The number of benzene rings is 2. The van der Waals surface area contributed by atoms with Crippen LogP contribution in [0.5, 0.6) is 5.75 Å². The van der Waals surface area contributed by atoms with Crippen LogP contribution in [-0.4, -0.2) is 33.1 Å². The highest BCUT2D eigenvalue weighted by molar-refractivity contribution is 7.89. The number of rotatable bonds is 8. The number of amides is 1. The SMILES string of the molecule is CC(C)NS(=O)(=O)c1ccc(OCC(=O)NC2CC(c3cccc(F)c3)NN2)cc1. The van der Waals surface area contributed by atoms with Crippen molar-refractivity contribution in [1.82, 2.24) is 20.9 Å². The largest absolute Gasteiger partial charge is 0.484 e. The Labute approximate surface area is 175 Å². The maximum Gasteiger partial charge on any atom is 0.259 e. The van der Waals surface area contributed by atoms with Crippen molar-refractivity contribution >= 4 is 15.9 Å². The van der Waals surface area contributed by atoms with E-state index >= 15 is 0 Å². The summed E-state index contributed by atoms with van der Waals surface area (Å²) in [5.74, 6) is -0.273. The maximum atomic E-state index is 13.4. The minimum atomic E-state index is -3.58. The molecule has 30 heavy (non-hydrogen) atoms. The molecule has 1 amide bonds. The zero-order valence-corrected chi connectivity index (χ0v) is 17.5. The molecule has 2 aromatic rings. The van der Waals surface area contributed by atoms with Gasteiger partial charge >= 0.3 is 0 Å². The lowest BCUT2D eigenvalue weighted by atomic mass is 10.0. The highest BCUT2D eigenvalue weighted by Gasteiger charge is 2.26. The van der Waals surface area contributed by atoms with Crippen LogP contribution in [0.1, 0.15) is 31.9 Å². The van der Waals surface area contributed by atoms with E-state index in [1.807, 2.05) is 6.07 Å². The molecule has 0 spiro atoms. The van der Waals surface area contributed by atoms with Crippen LogP contribution in [0.15, 0.2) is 53.4 Å². The monoisotopic (exact) mass is 436 g/mol. The first-order chi connectivity index (χ1) is 14.2. The van der Waals surface area contributed by atoms with E-state index in [0.717, 1.165) is 5.56 Å². The standard InChI is InChI=1S/C20H25FN4O4S/c1-13(2)25-30(27,28)17-8-6-16(7-9-17)29-12-20(26)22-19-11-18(23-24-19)14-4-3-5-15(21)10-14/h3-10,13,18-19,23-25H,11-12H2,1-2H3,(H,22,26). The zero-order valence-electron chi connectivity index (χ0n) is 16.7. The van der Waals surface area contributed by atoms with Gasteiger partial charge < -0.3 is 10.1 Å². The lowest BCUT2D eigenvalue weighted by Gasteiger charge is -2.13. The second kappa shape index (κ2) is 9.52. The number of nitrogens with one attached hydrogen (secondary N) is 4. The molecule has 162 valence electrons. The molecule has 8 nitrogen and oxygen atoms in total. The molecule has 4 N–H and O–H groups in total. The van der Waals surface area contributed by atoms with E-state index in [0.29, 0.717) is 12.2 Å². The van der Waals surface area contributed by atoms with Crippen LogP contribution in [0.25, 0.3) is 0 Å². The molecule has 1 aliphatic heterocycles. The first-order valence-corrected chi connectivity index (χ1v) is 11.0. The fourth-order valence-electron chi connectivity index (χ4n) is 3.07. The molecule has 1 heterocycles. The molecule has 0 aromatic heterocycles. The predicted molar refractivity (Wildman–Crippen MR) is 109 cm³/mol. The van der Waals surface area contributed by atoms with Gasteiger partial charge in [0.1, 0.15) is 11.6 Å². The minimum Gasteiger partial charge on any atom is -0.484 e. The lowest BCUT2D eigenvalue weighted by molar-refractivity contribution is -0.123. The van der Waals surface area contributed by atoms with Gasteiger partial charge in [0, 0.05) is 18.5 Å². The van der Waals surface area contributed by atoms with Gasteiger partial charge in [0.2, 0.25) is 10.0 Å². The van der Waals surface area contributed by atoms with Gasteiger partial charge in [-0.05, 0) is 55.8 Å². The molecular weight excluding hydrogens is 411 g/mol. The third-order valence-electron chi connectivity index (χ3n) is 4.38. The molecule has 0 aliphatic carbocycles. The smallest absolute Gasteiger partial charge is 0.259 e. The van der Waals surface area contributed by atoms with E-state index in [2.05, 4.69) is 20.9 Å². The predicted octanol–water partition coefficient (Wildman–Crippen LogP) is 1.57. The molecule has 1 aliphatic rings. The fraction of sp³-hybridized carbons (Fsp3) is 0.350. The molecule has 0 bridgehead atoms. The Balaban J connectivity index is 1.47. The highest BCUT2D eigenvalue weighted by atomic mass is 32.2. The fourth-order valence-corrected chi connectivity index (χ4v) is 4.32. The third kappa shape index (κ3) is 5.99. The summed E-state index contributed by atoms with van der Waals surface area (Å²) < 4.78 is 45.5. The van der Waals surface area contributed by atoms with E-state index < -0.39 is 10.0 Å². The molecule has 2 aromatic carbocycles. The van der Waals surface area contributed by atoms with Crippen LogP contribution in [0.4, 0.5) is 4.39 Å². The van der Waals surface area contributed by atoms with Crippen LogP contribution < -0.4 is 25.6 Å². The summed E-state index contributed by atoms with van der Waals surface area (Å²) in [6.07, 6.45) is 0.217. The molecule has 0 saturated carbocycles. The van der Waals surface area contributed by atoms with Crippen molar-refractivity contribution in [3.63, 3.8) is 0 Å². The van der Waals surface area contributed by atoms with E-state index in [4.69, 9.17) is 4.74 Å². The van der Waals surface area contributed by atoms with Crippen molar-refractivity contribution in [3.8, 4) is 5.75 Å². The van der Waals surface area contributed by atoms with Gasteiger partial charge in [0.25, 0.3) is 5.91 Å². The van der Waals surface area contributed by atoms with Crippen LogP contribution in [0, 0.1) is 5.82 Å². The Morgan fingerprint density at radius 3 is 2.60 bits per heavy atom. The Morgan fingerprint density at radius 1 is 1.20 bits per heavy atom. The second-order valence-electron chi connectivity index (χ2n) is 7.29. The van der Waals surface area contributed by atoms with E-state index in [1.165, 1.54) is 36.4 Å². The number of ether oxygens (including phenoxy) is 1. The van der Waals surface area contributed by atoms with E-state index in [1.54, 1.807) is 19.9 Å². The molecule has 2 atom stereocenters. The number of hydrazine groups is 1. The topological polar surface area (TPSA) is 109 Å². The molecule has 3 rings (SSSR count). The molecule has 1 saturated heterocycles. The Morgan fingerprint density at radius 2 is 1.93 bits per heavy atom. The summed E-state index contributed by atoms with van der Waals surface area (Å²) in [6, 6.07) is 11.8. The lowest BCUT2D eigenvalue weighted by Crippen LogP contribution is -2.45. The van der Waals surface area contributed by atoms with Crippen LogP contribution in [-0.2, 0) is 14.8 Å². The van der Waals surface area contributed by atoms with Gasteiger partial charge in [0.05, 0.1) is 11.1 Å². The summed E-state index contributed by atoms with van der Waals surface area (Å²) in [4.78, 5) is 12.3. The molecule has 10 heteroatoms. The summed E-state index contributed by atoms with van der Waals surface area (Å²) in [7, 11) is -3.58. The number of halogens is 1. The molecule has 1 fully saturated rings. The Kier molecular flexibility index (Phi) is 7.03. The maximum absolute atomic E-state index is 13.4. The average Bonchev–Trinajstić information content (AvgIpc) is 3.14. The summed E-state index contributed by atoms with van der Waals surface area (Å²) in [5, 5.41) is 2.78. The number of carbonyl (C=O) groups is 1. The highest BCUT2D eigenvalue weighted by Crippen LogP contribution is 2.22. The van der Waals surface area contributed by atoms with Crippen molar-refractivity contribution in [2.45, 2.75) is 43.4 Å². The quantitative estimate of drug-likeness (QED) is 0.500. The van der Waals surface area contributed by atoms with Gasteiger partial charge in [0.15, 0.2) is 6.61 Å². The van der Waals surface area contributed by atoms with Crippen LogP contribution in [0.3, 0.4) is 0 Å². The third-order valence-corrected chi connectivity index (χ3v) is 6.06. The summed E-state index contributed by atoms with van der Waals surface area (Å²) >= 11 is 0. The Bertz CT molecular complexity index is 983. The van der Waals surface area contributed by atoms with Gasteiger partial charge in [-0.1, -0.05) is 12.1 Å². The Hall–Kier alpha value is -2.53. The van der Waals surface area contributed by atoms with Crippen molar-refractivity contribution in [3.05, 3.63) is 59.9 Å². The number of carbonyl (C=O) groups excluding carboxylic acids is 1. The van der Waals surface area contributed by atoms with Crippen molar-refractivity contribution in [1.29, 1.82) is 0 Å². The number of hydrogen-bond acceptors (Lipinski definition) is 6. The zero-order chi connectivity index (χ0) is 21.7. The first kappa shape index (κ1) is 22.2. The van der Waals surface area contributed by atoms with Crippen molar-refractivity contribution in [2.75, 3.05) is 6.61 Å². The van der Waals surface area contributed by atoms with Gasteiger partial charge in [-0.2, -0.15) is 0 Å². The van der Waals surface area contributed by atoms with Crippen LogP contribution in [0.2, 0.25) is 0 Å². The van der Waals surface area contributed by atoms with E-state index in [9.17, 15) is 17.6 Å². The summed E-state index contributed by atoms with van der Waals surface area (Å²) in [5.41, 5.74) is 6.78. The minimum absolute atomic E-state index is 0.123. The summed E-state index contributed by atoms with van der Waals surface area (Å²) in [6.45, 7) is 3.25. The van der Waals surface area contributed by atoms with Crippen LogP contribution >= 0.6 is 0 Å². The molecule has 0 radical (unpaired) electrons. The van der Waals surface area contributed by atoms with Crippen molar-refractivity contribution in [2.24, 2.45) is 0 Å². The normalized spacial score (nSPS) is 19.1. The van der Waals surface area contributed by atoms with Gasteiger partial charge in [-0.15, -0.1) is 0 Å². The van der Waals surface area contributed by atoms with E-state index in [-0.39, 0.29) is 41.5 Å². The van der Waals surface area contributed by atoms with Gasteiger partial charge in [-0.3, -0.25) is 4.79 Å². The average molecular weight is 437 g/mol.